The number of hydrogen-bond donors (Lipinski definition) is 3. The number of likely N-dealkylation sites (tertiary alicyclic amines) is 1. The number of allylic oxidation sites excluding steroid dienone is 2. The zero-order valence-electron chi connectivity index (χ0n) is 32.7. The molecule has 2 heterocycles. The number of carbonyl (C=O) groups excluding carboxylic acids is 6. The molecule has 2 aliphatic heterocycles. The summed E-state index contributed by atoms with van der Waals surface area (Å²) >= 11 is 0. The van der Waals surface area contributed by atoms with Gasteiger partial charge in [-0.3, -0.25) is 28.8 Å². The fraction of sp³-hybridized carbons (Fsp3) is 0.590. The lowest BCUT2D eigenvalue weighted by Crippen LogP contribution is -2.58. The largest absolute Gasteiger partial charge is 0.444 e. The third kappa shape index (κ3) is 10.3. The van der Waals surface area contributed by atoms with E-state index in [1.54, 1.807) is 32.9 Å². The molecular formula is C39H52FN5O10S. The number of rotatable bonds is 13. The van der Waals surface area contributed by atoms with E-state index in [0.717, 1.165) is 4.90 Å². The third-order valence-corrected chi connectivity index (χ3v) is 11.8. The first-order valence-corrected chi connectivity index (χ1v) is 20.3. The average molecular weight is 802 g/mol. The van der Waals surface area contributed by atoms with Crippen molar-refractivity contribution in [1.29, 1.82) is 0 Å². The maximum atomic E-state index is 14.5. The van der Waals surface area contributed by atoms with Gasteiger partial charge in [0.15, 0.2) is 5.78 Å². The van der Waals surface area contributed by atoms with Gasteiger partial charge in [0.1, 0.15) is 35.1 Å². The second-order valence-corrected chi connectivity index (χ2v) is 19.0. The van der Waals surface area contributed by atoms with Crippen LogP contribution in [0.3, 0.4) is 0 Å². The lowest BCUT2D eigenvalue weighted by atomic mass is 9.95. The monoisotopic (exact) mass is 801 g/mol. The molecule has 0 spiro atoms. The Hall–Kier alpha value is -4.80. The highest BCUT2D eigenvalue weighted by molar-refractivity contribution is 7.91. The number of sulfonamides is 1. The number of hydrogen-bond acceptors (Lipinski definition) is 10. The number of ether oxygens (including phenoxy) is 2. The van der Waals surface area contributed by atoms with Crippen molar-refractivity contribution < 1.29 is 51.0 Å². The first-order chi connectivity index (χ1) is 26.0. The number of nitrogens with one attached hydrogen (secondary N) is 3. The van der Waals surface area contributed by atoms with Crippen LogP contribution < -0.4 is 15.4 Å². The van der Waals surface area contributed by atoms with E-state index < -0.39 is 86.2 Å². The minimum atomic E-state index is -3.97. The van der Waals surface area contributed by atoms with Gasteiger partial charge in [0.25, 0.3) is 5.91 Å². The van der Waals surface area contributed by atoms with Crippen LogP contribution >= 0.6 is 0 Å². The Morgan fingerprint density at radius 2 is 1.77 bits per heavy atom. The van der Waals surface area contributed by atoms with Gasteiger partial charge < -0.3 is 25.0 Å². The van der Waals surface area contributed by atoms with Crippen molar-refractivity contribution in [3.05, 3.63) is 60.0 Å². The van der Waals surface area contributed by atoms with Gasteiger partial charge in [0, 0.05) is 30.9 Å². The van der Waals surface area contributed by atoms with E-state index in [1.807, 2.05) is 20.8 Å². The van der Waals surface area contributed by atoms with Crippen LogP contribution in [0.2, 0.25) is 0 Å². The van der Waals surface area contributed by atoms with Crippen molar-refractivity contribution in [3.63, 3.8) is 0 Å². The molecule has 0 bridgehead atoms. The molecule has 4 aliphatic rings. The Labute approximate surface area is 326 Å². The standard InChI is InChI=1S/C39H52FN5O10S/c1-8-24-19-39(24,34(49)43-56(52,53)27-13-14-27)42-32(47)31-18-26(54-36(51)44-20-23-10-9-11-29(40)28(23)22-44)21-45(31)33(48)30(41-35(50)55-38(5,6)7)15-12-25(46)16-17-37(2,3)4/h8-11,16-17,24,26-27,30-31H,1,12-15,18-22H2,2-7H3,(H,41,50)(H,42,47)(H,43,49)/b17-16-/t24-,26?,30+,31+,39-/m1/s1. The molecule has 17 heteroatoms. The number of fused-ring (bicyclic) bond motifs is 1. The number of benzene rings is 1. The molecule has 1 unspecified atom stereocenters. The van der Waals surface area contributed by atoms with E-state index >= 15 is 0 Å². The van der Waals surface area contributed by atoms with Gasteiger partial charge in [-0.05, 0) is 69.6 Å². The van der Waals surface area contributed by atoms with Gasteiger partial charge in [-0.1, -0.05) is 45.1 Å². The van der Waals surface area contributed by atoms with E-state index in [0.29, 0.717) is 24.0 Å². The smallest absolute Gasteiger partial charge is 0.410 e. The van der Waals surface area contributed by atoms with E-state index in [2.05, 4.69) is 21.9 Å². The first-order valence-electron chi connectivity index (χ1n) is 18.8. The summed E-state index contributed by atoms with van der Waals surface area (Å²) in [6.07, 6.45) is 2.01. The number of ketones is 1. The molecule has 1 saturated heterocycles. The third-order valence-electron chi connectivity index (χ3n) is 9.99. The predicted molar refractivity (Wildman–Crippen MR) is 201 cm³/mol. The van der Waals surface area contributed by atoms with Crippen LogP contribution in [0.4, 0.5) is 14.0 Å². The zero-order valence-corrected chi connectivity index (χ0v) is 33.5. The normalized spacial score (nSPS) is 23.9. The summed E-state index contributed by atoms with van der Waals surface area (Å²) in [5, 5.41) is 4.50. The Bertz CT molecular complexity index is 1920. The summed E-state index contributed by atoms with van der Waals surface area (Å²) in [7, 11) is -3.97. The van der Waals surface area contributed by atoms with Crippen molar-refractivity contribution in [2.75, 3.05) is 6.54 Å². The SMILES string of the molecule is C=C[C@@H]1C[C@]1(NC(=O)[C@@H]1CC(OC(=O)N2Cc3cccc(F)c3C2)CN1C(=O)[C@H](CCC(=O)/C=C\C(C)(C)C)NC(=O)OC(C)(C)C)C(=O)NS(=O)(=O)C1CC1. The van der Waals surface area contributed by atoms with Gasteiger partial charge in [-0.15, -0.1) is 6.58 Å². The molecule has 1 aromatic rings. The van der Waals surface area contributed by atoms with Crippen LogP contribution in [0.25, 0.3) is 0 Å². The number of alkyl carbamates (subject to hydrolysis) is 1. The van der Waals surface area contributed by atoms with E-state index in [-0.39, 0.29) is 56.5 Å². The van der Waals surface area contributed by atoms with Gasteiger partial charge >= 0.3 is 12.2 Å². The zero-order chi connectivity index (χ0) is 41.4. The van der Waals surface area contributed by atoms with Crippen molar-refractivity contribution in [2.45, 2.75) is 128 Å². The molecule has 5 rings (SSSR count). The maximum absolute atomic E-state index is 14.5. The van der Waals surface area contributed by atoms with Crippen LogP contribution in [-0.4, -0.2) is 95.0 Å². The molecule has 0 radical (unpaired) electrons. The highest BCUT2D eigenvalue weighted by atomic mass is 32.2. The maximum Gasteiger partial charge on any atom is 0.410 e. The summed E-state index contributed by atoms with van der Waals surface area (Å²) in [4.78, 5) is 83.8. The fourth-order valence-electron chi connectivity index (χ4n) is 6.74. The number of nitrogens with zero attached hydrogens (tertiary/aromatic N) is 2. The quantitative estimate of drug-likeness (QED) is 0.195. The Balaban J connectivity index is 1.39. The molecule has 3 fully saturated rings. The van der Waals surface area contributed by atoms with Crippen LogP contribution in [0.5, 0.6) is 0 Å². The molecule has 5 amide bonds. The van der Waals surface area contributed by atoms with Crippen molar-refractivity contribution in [1.82, 2.24) is 25.2 Å². The molecule has 306 valence electrons. The molecule has 5 atom stereocenters. The Morgan fingerprint density at radius 3 is 2.36 bits per heavy atom. The second kappa shape index (κ2) is 16.0. The van der Waals surface area contributed by atoms with Crippen LogP contribution in [0, 0.1) is 17.2 Å². The predicted octanol–water partition coefficient (Wildman–Crippen LogP) is 3.76. The summed E-state index contributed by atoms with van der Waals surface area (Å²) < 4.78 is 53.1. The lowest BCUT2D eigenvalue weighted by Gasteiger charge is -2.30. The molecule has 56 heavy (non-hydrogen) atoms. The molecule has 2 aliphatic carbocycles. The van der Waals surface area contributed by atoms with Crippen molar-refractivity contribution in [3.8, 4) is 0 Å². The molecule has 15 nitrogen and oxygen atoms in total. The van der Waals surface area contributed by atoms with Gasteiger partial charge in [-0.2, -0.15) is 0 Å². The number of amides is 5. The molecule has 0 aromatic heterocycles. The van der Waals surface area contributed by atoms with Crippen molar-refractivity contribution in [2.24, 2.45) is 11.3 Å². The second-order valence-electron chi connectivity index (χ2n) is 17.1. The Kier molecular flexibility index (Phi) is 12.1. The number of carbonyl (C=O) groups is 6. The highest BCUT2D eigenvalue weighted by Crippen LogP contribution is 2.45. The number of halogens is 1. The minimum Gasteiger partial charge on any atom is -0.444 e. The average Bonchev–Trinajstić information content (AvgIpc) is 3.98. The topological polar surface area (TPSA) is 198 Å². The van der Waals surface area contributed by atoms with E-state index in [9.17, 15) is 41.6 Å². The van der Waals surface area contributed by atoms with Crippen LogP contribution in [0.1, 0.15) is 91.2 Å². The van der Waals surface area contributed by atoms with Gasteiger partial charge in [0.05, 0.1) is 18.3 Å². The molecule has 2 saturated carbocycles. The van der Waals surface area contributed by atoms with E-state index in [4.69, 9.17) is 9.47 Å². The fourth-order valence-corrected chi connectivity index (χ4v) is 8.11. The summed E-state index contributed by atoms with van der Waals surface area (Å²) in [6.45, 7) is 14.1. The summed E-state index contributed by atoms with van der Waals surface area (Å²) in [5.41, 5.74) is -1.95. The van der Waals surface area contributed by atoms with Crippen LogP contribution in [-0.2, 0) is 51.8 Å². The summed E-state index contributed by atoms with van der Waals surface area (Å²) in [6, 6.07) is 1.77. The van der Waals surface area contributed by atoms with Gasteiger partial charge in [0.2, 0.25) is 21.8 Å². The first kappa shape index (κ1) is 42.3. The Morgan fingerprint density at radius 1 is 1.07 bits per heavy atom. The molecule has 1 aromatic carbocycles. The van der Waals surface area contributed by atoms with Crippen molar-refractivity contribution >= 4 is 45.7 Å². The van der Waals surface area contributed by atoms with Gasteiger partial charge in [-0.25, -0.2) is 22.4 Å². The molecule has 3 N–H and O–H groups in total. The van der Waals surface area contributed by atoms with E-state index in [1.165, 1.54) is 29.2 Å². The minimum absolute atomic E-state index is 0.0481. The summed E-state index contributed by atoms with van der Waals surface area (Å²) in [5.74, 6) is -3.96. The lowest BCUT2D eigenvalue weighted by molar-refractivity contribution is -0.141. The molecular weight excluding hydrogens is 750 g/mol. The highest BCUT2D eigenvalue weighted by Gasteiger charge is 2.62. The van der Waals surface area contributed by atoms with Crippen LogP contribution in [0.15, 0.2) is 43.0 Å².